The Morgan fingerprint density at radius 1 is 1.41 bits per heavy atom. The molecule has 1 rings (SSSR count). The van der Waals surface area contributed by atoms with Gasteiger partial charge in [0.05, 0.1) is 12.5 Å². The predicted octanol–water partition coefficient (Wildman–Crippen LogP) is 1.88. The minimum Gasteiger partial charge on any atom is -0.496 e. The van der Waals surface area contributed by atoms with Gasteiger partial charge >= 0.3 is 0 Å². The van der Waals surface area contributed by atoms with Gasteiger partial charge in [0.15, 0.2) is 0 Å². The molecule has 4 nitrogen and oxygen atoms in total. The molecular weight excluding hydrogens is 240 g/mol. The van der Waals surface area contributed by atoms with Crippen LogP contribution in [0.15, 0.2) is 18.2 Å². The van der Waals surface area contributed by atoms with Crippen LogP contribution in [0.2, 0.25) is 5.02 Å². The first kappa shape index (κ1) is 13.8. The van der Waals surface area contributed by atoms with Crippen molar-refractivity contribution >= 4 is 17.5 Å². The van der Waals surface area contributed by atoms with E-state index in [2.05, 4.69) is 10.9 Å². The van der Waals surface area contributed by atoms with E-state index in [0.717, 1.165) is 5.56 Å². The van der Waals surface area contributed by atoms with Crippen LogP contribution in [0, 0.1) is 0 Å². The van der Waals surface area contributed by atoms with Gasteiger partial charge in [0, 0.05) is 17.6 Å². The quantitative estimate of drug-likeness (QED) is 0.809. The molecule has 0 unspecified atom stereocenters. The topological polar surface area (TPSA) is 50.4 Å². The molecule has 1 amide bonds. The fourth-order valence-corrected chi connectivity index (χ4v) is 1.73. The zero-order valence-electron chi connectivity index (χ0n) is 10.4. The number of hydrogen-bond acceptors (Lipinski definition) is 3. The average molecular weight is 257 g/mol. The van der Waals surface area contributed by atoms with E-state index in [1.165, 1.54) is 0 Å². The molecule has 0 atom stereocenters. The fourth-order valence-electron chi connectivity index (χ4n) is 1.56. The lowest BCUT2D eigenvalue weighted by atomic mass is 9.83. The summed E-state index contributed by atoms with van der Waals surface area (Å²) in [5.74, 6) is 0.492. The van der Waals surface area contributed by atoms with E-state index in [1.807, 2.05) is 13.8 Å². The summed E-state index contributed by atoms with van der Waals surface area (Å²) >= 11 is 5.96. The van der Waals surface area contributed by atoms with E-state index in [-0.39, 0.29) is 5.91 Å². The zero-order chi connectivity index (χ0) is 13.1. The van der Waals surface area contributed by atoms with Crippen LogP contribution in [0.3, 0.4) is 0 Å². The Hall–Kier alpha value is -1.26. The number of methoxy groups -OCH3 is 1. The molecule has 17 heavy (non-hydrogen) atoms. The van der Waals surface area contributed by atoms with Crippen molar-refractivity contribution in [2.24, 2.45) is 0 Å². The molecule has 2 N–H and O–H groups in total. The van der Waals surface area contributed by atoms with Gasteiger partial charge in [-0.15, -0.1) is 0 Å². The van der Waals surface area contributed by atoms with Crippen LogP contribution in [-0.4, -0.2) is 20.1 Å². The molecule has 0 radical (unpaired) electrons. The van der Waals surface area contributed by atoms with Crippen molar-refractivity contribution < 1.29 is 9.53 Å². The van der Waals surface area contributed by atoms with E-state index >= 15 is 0 Å². The van der Waals surface area contributed by atoms with Gasteiger partial charge < -0.3 is 4.74 Å². The molecule has 0 spiro atoms. The molecule has 94 valence electrons. The number of rotatable bonds is 4. The van der Waals surface area contributed by atoms with Crippen molar-refractivity contribution in [3.05, 3.63) is 28.8 Å². The standard InChI is InChI=1S/C12H17ClN2O2/c1-12(2,11(16)15-14-3)9-7-8(13)5-6-10(9)17-4/h5-7,14H,1-4H3,(H,15,16). The van der Waals surface area contributed by atoms with Gasteiger partial charge in [-0.25, -0.2) is 5.43 Å². The van der Waals surface area contributed by atoms with Gasteiger partial charge in [-0.05, 0) is 32.0 Å². The Kier molecular flexibility index (Phi) is 4.37. The Bertz CT molecular complexity index is 419. The molecule has 0 aliphatic carbocycles. The van der Waals surface area contributed by atoms with Crippen LogP contribution < -0.4 is 15.6 Å². The Labute approximate surface area is 106 Å². The number of carbonyl (C=O) groups is 1. The van der Waals surface area contributed by atoms with Gasteiger partial charge in [-0.3, -0.25) is 10.2 Å². The molecule has 5 heteroatoms. The minimum absolute atomic E-state index is 0.152. The first-order valence-corrected chi connectivity index (χ1v) is 5.62. The molecule has 0 bridgehead atoms. The maximum atomic E-state index is 12.0. The summed E-state index contributed by atoms with van der Waals surface area (Å²) in [6.07, 6.45) is 0. The second-order valence-corrected chi connectivity index (χ2v) is 4.61. The van der Waals surface area contributed by atoms with Crippen molar-refractivity contribution in [3.63, 3.8) is 0 Å². The van der Waals surface area contributed by atoms with Crippen molar-refractivity contribution in [1.82, 2.24) is 10.9 Å². The van der Waals surface area contributed by atoms with Crippen molar-refractivity contribution in [2.45, 2.75) is 19.3 Å². The number of benzene rings is 1. The maximum Gasteiger partial charge on any atom is 0.244 e. The van der Waals surface area contributed by atoms with Crippen LogP contribution in [0.25, 0.3) is 0 Å². The molecule has 0 heterocycles. The summed E-state index contributed by atoms with van der Waals surface area (Å²) in [5.41, 5.74) is 5.20. The van der Waals surface area contributed by atoms with E-state index in [1.54, 1.807) is 32.4 Å². The predicted molar refractivity (Wildman–Crippen MR) is 68.2 cm³/mol. The van der Waals surface area contributed by atoms with Crippen molar-refractivity contribution in [3.8, 4) is 5.75 Å². The van der Waals surface area contributed by atoms with E-state index in [9.17, 15) is 4.79 Å². The summed E-state index contributed by atoms with van der Waals surface area (Å²) in [6.45, 7) is 3.63. The summed E-state index contributed by atoms with van der Waals surface area (Å²) in [6, 6.07) is 5.23. The Morgan fingerprint density at radius 3 is 2.59 bits per heavy atom. The summed E-state index contributed by atoms with van der Waals surface area (Å²) < 4.78 is 5.26. The average Bonchev–Trinajstić information content (AvgIpc) is 2.29. The lowest BCUT2D eigenvalue weighted by Gasteiger charge is -2.25. The highest BCUT2D eigenvalue weighted by Crippen LogP contribution is 2.33. The van der Waals surface area contributed by atoms with Crippen LogP contribution in [0.4, 0.5) is 0 Å². The first-order chi connectivity index (χ1) is 7.93. The van der Waals surface area contributed by atoms with Gasteiger partial charge in [-0.2, -0.15) is 0 Å². The SMILES string of the molecule is CNNC(=O)C(C)(C)c1cc(Cl)ccc1OC. The molecule has 0 aliphatic heterocycles. The van der Waals surface area contributed by atoms with Crippen LogP contribution in [-0.2, 0) is 10.2 Å². The highest BCUT2D eigenvalue weighted by Gasteiger charge is 2.32. The highest BCUT2D eigenvalue weighted by molar-refractivity contribution is 6.30. The van der Waals surface area contributed by atoms with Gasteiger partial charge in [0.2, 0.25) is 5.91 Å². The van der Waals surface area contributed by atoms with E-state index < -0.39 is 5.41 Å². The lowest BCUT2D eigenvalue weighted by molar-refractivity contribution is -0.126. The summed E-state index contributed by atoms with van der Waals surface area (Å²) in [7, 11) is 3.21. The van der Waals surface area contributed by atoms with E-state index in [0.29, 0.717) is 10.8 Å². The van der Waals surface area contributed by atoms with E-state index in [4.69, 9.17) is 16.3 Å². The highest BCUT2D eigenvalue weighted by atomic mass is 35.5. The summed E-state index contributed by atoms with van der Waals surface area (Å²) in [4.78, 5) is 12.0. The molecular formula is C12H17ClN2O2. The normalized spacial score (nSPS) is 11.1. The number of carbonyl (C=O) groups excluding carboxylic acids is 1. The Balaban J connectivity index is 3.21. The second kappa shape index (κ2) is 5.38. The number of hydrogen-bond donors (Lipinski definition) is 2. The van der Waals surface area contributed by atoms with Gasteiger partial charge in [0.1, 0.15) is 5.75 Å². The molecule has 0 aromatic heterocycles. The smallest absolute Gasteiger partial charge is 0.244 e. The van der Waals surface area contributed by atoms with Crippen molar-refractivity contribution in [2.75, 3.05) is 14.2 Å². The molecule has 0 fully saturated rings. The minimum atomic E-state index is -0.737. The molecule has 0 saturated carbocycles. The van der Waals surface area contributed by atoms with Crippen molar-refractivity contribution in [1.29, 1.82) is 0 Å². The van der Waals surface area contributed by atoms with Gasteiger partial charge in [-0.1, -0.05) is 11.6 Å². The van der Waals surface area contributed by atoms with Gasteiger partial charge in [0.25, 0.3) is 0 Å². The van der Waals surface area contributed by atoms with Crippen LogP contribution in [0.5, 0.6) is 5.75 Å². The third-order valence-electron chi connectivity index (χ3n) is 2.64. The first-order valence-electron chi connectivity index (χ1n) is 5.24. The monoisotopic (exact) mass is 256 g/mol. The molecule has 0 aliphatic rings. The number of hydrazine groups is 1. The number of ether oxygens (including phenoxy) is 1. The second-order valence-electron chi connectivity index (χ2n) is 4.17. The van der Waals surface area contributed by atoms with Crippen LogP contribution >= 0.6 is 11.6 Å². The third kappa shape index (κ3) is 2.90. The number of amides is 1. The third-order valence-corrected chi connectivity index (χ3v) is 2.88. The molecule has 1 aromatic rings. The zero-order valence-corrected chi connectivity index (χ0v) is 11.2. The maximum absolute atomic E-state index is 12.0. The fraction of sp³-hybridized carbons (Fsp3) is 0.417. The summed E-state index contributed by atoms with van der Waals surface area (Å²) in [5, 5.41) is 0.575. The number of halogens is 1. The lowest BCUT2D eigenvalue weighted by Crippen LogP contribution is -2.45. The molecule has 0 saturated heterocycles. The Morgan fingerprint density at radius 2 is 2.06 bits per heavy atom. The van der Waals surface area contributed by atoms with Crippen LogP contribution in [0.1, 0.15) is 19.4 Å². The molecule has 1 aromatic carbocycles. The number of nitrogens with one attached hydrogen (secondary N) is 2. The largest absolute Gasteiger partial charge is 0.496 e.